The number of carbonyl (C=O) groups excluding carboxylic acids is 1. The second kappa shape index (κ2) is 6.52. The Morgan fingerprint density at radius 3 is 2.33 bits per heavy atom. The van der Waals surface area contributed by atoms with Crippen LogP contribution in [0.2, 0.25) is 0 Å². The average Bonchev–Trinajstić information content (AvgIpc) is 2.66. The molecule has 0 bridgehead atoms. The maximum atomic E-state index is 11.3. The first-order valence-electron chi connectivity index (χ1n) is 6.64. The number of hydrogen-bond acceptors (Lipinski definition) is 3. The van der Waals surface area contributed by atoms with Gasteiger partial charge in [-0.2, -0.15) is 0 Å². The zero-order valence-electron chi connectivity index (χ0n) is 11.8. The van der Waals surface area contributed by atoms with Gasteiger partial charge in [0, 0.05) is 6.54 Å². The largest absolute Gasteiger partial charge is 0.364 e. The summed E-state index contributed by atoms with van der Waals surface area (Å²) < 4.78 is 1.84. The van der Waals surface area contributed by atoms with Gasteiger partial charge in [-0.05, 0) is 31.1 Å². The number of primary amides is 1. The van der Waals surface area contributed by atoms with Gasteiger partial charge in [0.2, 0.25) is 0 Å². The molecular formula is C13H24N4O. The van der Waals surface area contributed by atoms with Gasteiger partial charge in [-0.1, -0.05) is 32.9 Å². The molecule has 1 amide bonds. The molecule has 1 rings (SSSR count). The van der Waals surface area contributed by atoms with Crippen molar-refractivity contribution in [3.8, 4) is 0 Å². The number of amides is 1. The standard InChI is InChI=1S/C13H24N4O/c1-9(2)5-6-11-12(13(14)18)15-16-17(11)8-7-10(3)4/h9-10H,5-8H2,1-4H3,(H2,14,18). The molecule has 18 heavy (non-hydrogen) atoms. The second-order valence-corrected chi connectivity index (χ2v) is 5.59. The molecule has 0 aliphatic rings. The Kier molecular flexibility index (Phi) is 5.31. The van der Waals surface area contributed by atoms with Crippen molar-refractivity contribution >= 4 is 5.91 Å². The molecule has 0 spiro atoms. The van der Waals surface area contributed by atoms with E-state index in [1.807, 2.05) is 4.68 Å². The van der Waals surface area contributed by atoms with Crippen molar-refractivity contribution in [2.24, 2.45) is 17.6 Å². The molecule has 0 fully saturated rings. The summed E-state index contributed by atoms with van der Waals surface area (Å²) in [6, 6.07) is 0. The highest BCUT2D eigenvalue weighted by Crippen LogP contribution is 2.13. The summed E-state index contributed by atoms with van der Waals surface area (Å²) in [5.41, 5.74) is 6.55. The SMILES string of the molecule is CC(C)CCc1c(C(N)=O)nnn1CCC(C)C. The van der Waals surface area contributed by atoms with Crippen LogP contribution in [0.5, 0.6) is 0 Å². The van der Waals surface area contributed by atoms with Crippen molar-refractivity contribution in [1.29, 1.82) is 0 Å². The van der Waals surface area contributed by atoms with Crippen LogP contribution < -0.4 is 5.73 Å². The van der Waals surface area contributed by atoms with E-state index in [1.54, 1.807) is 0 Å². The second-order valence-electron chi connectivity index (χ2n) is 5.59. The molecule has 1 heterocycles. The van der Waals surface area contributed by atoms with Crippen molar-refractivity contribution in [1.82, 2.24) is 15.0 Å². The number of carbonyl (C=O) groups is 1. The molecule has 0 aromatic carbocycles. The Balaban J connectivity index is 2.85. The highest BCUT2D eigenvalue weighted by atomic mass is 16.1. The maximum Gasteiger partial charge on any atom is 0.271 e. The van der Waals surface area contributed by atoms with Crippen LogP contribution in [-0.2, 0) is 13.0 Å². The molecule has 5 heteroatoms. The molecule has 0 unspecified atom stereocenters. The Labute approximate surface area is 109 Å². The van der Waals surface area contributed by atoms with Gasteiger partial charge < -0.3 is 5.73 Å². The number of aromatic nitrogens is 3. The summed E-state index contributed by atoms with van der Waals surface area (Å²) in [7, 11) is 0. The van der Waals surface area contributed by atoms with Gasteiger partial charge in [0.15, 0.2) is 5.69 Å². The molecule has 0 aliphatic heterocycles. The summed E-state index contributed by atoms with van der Waals surface area (Å²) in [6.45, 7) is 9.45. The fourth-order valence-electron chi connectivity index (χ4n) is 1.76. The maximum absolute atomic E-state index is 11.3. The van der Waals surface area contributed by atoms with E-state index in [2.05, 4.69) is 38.0 Å². The van der Waals surface area contributed by atoms with Gasteiger partial charge in [0.1, 0.15) is 0 Å². The Morgan fingerprint density at radius 2 is 1.83 bits per heavy atom. The molecule has 0 atom stereocenters. The molecule has 0 saturated heterocycles. The van der Waals surface area contributed by atoms with Gasteiger partial charge >= 0.3 is 0 Å². The van der Waals surface area contributed by atoms with E-state index in [1.165, 1.54) is 0 Å². The van der Waals surface area contributed by atoms with E-state index < -0.39 is 5.91 Å². The first kappa shape index (κ1) is 14.7. The van der Waals surface area contributed by atoms with Crippen LogP contribution in [0.1, 0.15) is 56.7 Å². The number of rotatable bonds is 7. The van der Waals surface area contributed by atoms with E-state index in [0.717, 1.165) is 31.5 Å². The third-order valence-corrected chi connectivity index (χ3v) is 2.95. The van der Waals surface area contributed by atoms with Crippen molar-refractivity contribution < 1.29 is 4.79 Å². The van der Waals surface area contributed by atoms with Crippen LogP contribution in [0.3, 0.4) is 0 Å². The predicted octanol–water partition coefficient (Wildman–Crippen LogP) is 2.01. The topological polar surface area (TPSA) is 73.8 Å². The fraction of sp³-hybridized carbons (Fsp3) is 0.769. The van der Waals surface area contributed by atoms with Crippen LogP contribution >= 0.6 is 0 Å². The zero-order chi connectivity index (χ0) is 13.7. The zero-order valence-corrected chi connectivity index (χ0v) is 11.8. The molecule has 0 radical (unpaired) electrons. The third-order valence-electron chi connectivity index (χ3n) is 2.95. The monoisotopic (exact) mass is 252 g/mol. The van der Waals surface area contributed by atoms with E-state index in [4.69, 9.17) is 5.73 Å². The molecule has 1 aromatic rings. The Hall–Kier alpha value is -1.39. The van der Waals surface area contributed by atoms with Gasteiger partial charge in [0.05, 0.1) is 5.69 Å². The molecule has 5 nitrogen and oxygen atoms in total. The molecule has 1 aromatic heterocycles. The van der Waals surface area contributed by atoms with E-state index in [0.29, 0.717) is 17.5 Å². The van der Waals surface area contributed by atoms with Crippen LogP contribution in [0, 0.1) is 11.8 Å². The number of nitrogens with two attached hydrogens (primary N) is 1. The smallest absolute Gasteiger partial charge is 0.271 e. The van der Waals surface area contributed by atoms with Gasteiger partial charge in [-0.25, -0.2) is 4.68 Å². The minimum absolute atomic E-state index is 0.333. The van der Waals surface area contributed by atoms with E-state index in [9.17, 15) is 4.79 Å². The summed E-state index contributed by atoms with van der Waals surface area (Å²) in [5, 5.41) is 7.96. The van der Waals surface area contributed by atoms with Crippen molar-refractivity contribution in [3.05, 3.63) is 11.4 Å². The summed E-state index contributed by atoms with van der Waals surface area (Å²) in [5.74, 6) is 0.702. The minimum Gasteiger partial charge on any atom is -0.364 e. The Morgan fingerprint density at radius 1 is 1.22 bits per heavy atom. The summed E-state index contributed by atoms with van der Waals surface area (Å²) >= 11 is 0. The lowest BCUT2D eigenvalue weighted by Crippen LogP contribution is -2.16. The summed E-state index contributed by atoms with van der Waals surface area (Å²) in [6.07, 6.45) is 2.84. The molecule has 2 N–H and O–H groups in total. The summed E-state index contributed by atoms with van der Waals surface area (Å²) in [4.78, 5) is 11.3. The van der Waals surface area contributed by atoms with Crippen LogP contribution in [0.25, 0.3) is 0 Å². The van der Waals surface area contributed by atoms with E-state index in [-0.39, 0.29) is 0 Å². The van der Waals surface area contributed by atoms with E-state index >= 15 is 0 Å². The van der Waals surface area contributed by atoms with Crippen LogP contribution in [0.15, 0.2) is 0 Å². The average molecular weight is 252 g/mol. The molecule has 0 aliphatic carbocycles. The van der Waals surface area contributed by atoms with Crippen molar-refractivity contribution in [2.75, 3.05) is 0 Å². The lowest BCUT2D eigenvalue weighted by molar-refractivity contribution is 0.0994. The van der Waals surface area contributed by atoms with Crippen LogP contribution in [0.4, 0.5) is 0 Å². The third kappa shape index (κ3) is 4.13. The number of nitrogens with zero attached hydrogens (tertiary/aromatic N) is 3. The quantitative estimate of drug-likeness (QED) is 0.806. The van der Waals surface area contributed by atoms with Gasteiger partial charge in [-0.15, -0.1) is 5.10 Å². The molecular weight excluding hydrogens is 228 g/mol. The first-order valence-corrected chi connectivity index (χ1v) is 6.64. The van der Waals surface area contributed by atoms with Gasteiger partial charge in [-0.3, -0.25) is 4.79 Å². The normalized spacial score (nSPS) is 11.4. The Bertz CT molecular complexity index is 396. The lowest BCUT2D eigenvalue weighted by Gasteiger charge is -2.10. The predicted molar refractivity (Wildman–Crippen MR) is 71.2 cm³/mol. The number of hydrogen-bond donors (Lipinski definition) is 1. The fourth-order valence-corrected chi connectivity index (χ4v) is 1.76. The van der Waals surface area contributed by atoms with Crippen LogP contribution in [-0.4, -0.2) is 20.9 Å². The molecule has 0 saturated carbocycles. The van der Waals surface area contributed by atoms with Gasteiger partial charge in [0.25, 0.3) is 5.91 Å². The van der Waals surface area contributed by atoms with Crippen molar-refractivity contribution in [3.63, 3.8) is 0 Å². The molecule has 102 valence electrons. The highest BCUT2D eigenvalue weighted by Gasteiger charge is 2.17. The highest BCUT2D eigenvalue weighted by molar-refractivity contribution is 5.91. The lowest BCUT2D eigenvalue weighted by atomic mass is 10.0. The number of aryl methyl sites for hydroxylation is 1. The first-order chi connectivity index (χ1) is 8.41. The minimum atomic E-state index is -0.482. The van der Waals surface area contributed by atoms with Crippen molar-refractivity contribution in [2.45, 2.75) is 53.5 Å².